The van der Waals surface area contributed by atoms with Crippen LogP contribution >= 0.6 is 23.4 Å². The number of carbonyl (C=O) groups is 2. The molecular weight excluding hydrogens is 466 g/mol. The van der Waals surface area contributed by atoms with E-state index in [9.17, 15) is 14.9 Å². The maximum absolute atomic E-state index is 13.5. The van der Waals surface area contributed by atoms with Gasteiger partial charge in [0.25, 0.3) is 5.91 Å². The van der Waals surface area contributed by atoms with Crippen molar-refractivity contribution in [2.24, 2.45) is 0 Å². The largest absolute Gasteiger partial charge is 0.347 e. The minimum atomic E-state index is -0.517. The molecule has 0 spiro atoms. The molecule has 1 aliphatic heterocycles. The van der Waals surface area contributed by atoms with Gasteiger partial charge in [-0.25, -0.2) is 0 Å². The van der Waals surface area contributed by atoms with E-state index in [1.807, 2.05) is 85.8 Å². The van der Waals surface area contributed by atoms with Gasteiger partial charge >= 0.3 is 0 Å². The smallest absolute Gasteiger partial charge is 0.264 e. The molecule has 1 saturated heterocycles. The van der Waals surface area contributed by atoms with Crippen molar-refractivity contribution in [1.82, 2.24) is 5.32 Å². The molecule has 0 aliphatic carbocycles. The summed E-state index contributed by atoms with van der Waals surface area (Å²) in [6.07, 6.45) is 0.388. The molecule has 0 saturated carbocycles. The third kappa shape index (κ3) is 5.17. The van der Waals surface area contributed by atoms with Gasteiger partial charge in [0, 0.05) is 17.3 Å². The van der Waals surface area contributed by atoms with Gasteiger partial charge in [0.1, 0.15) is 16.7 Å². The Morgan fingerprint density at radius 2 is 1.74 bits per heavy atom. The van der Waals surface area contributed by atoms with Crippen LogP contribution in [0.15, 0.2) is 89.5 Å². The fourth-order valence-electron chi connectivity index (χ4n) is 3.65. The lowest BCUT2D eigenvalue weighted by atomic mass is 10.1. The SMILES string of the molecule is Cc1ccc(N2C(=O)[C@@H](Cc3ccccc3Cl)S/C2=C(/C#N)C(=O)NCc2ccccc2)cc1. The predicted molar refractivity (Wildman–Crippen MR) is 136 cm³/mol. The van der Waals surface area contributed by atoms with Gasteiger partial charge in [0.2, 0.25) is 5.91 Å². The fourth-order valence-corrected chi connectivity index (χ4v) is 5.15. The second-order valence-electron chi connectivity index (χ2n) is 7.87. The van der Waals surface area contributed by atoms with Gasteiger partial charge in [0.15, 0.2) is 0 Å². The first-order valence-electron chi connectivity index (χ1n) is 10.7. The van der Waals surface area contributed by atoms with Crippen molar-refractivity contribution < 1.29 is 9.59 Å². The van der Waals surface area contributed by atoms with Crippen LogP contribution < -0.4 is 10.2 Å². The second-order valence-corrected chi connectivity index (χ2v) is 9.47. The molecule has 0 aromatic heterocycles. The van der Waals surface area contributed by atoms with Crippen LogP contribution in [-0.4, -0.2) is 17.1 Å². The molecule has 0 bridgehead atoms. The Kier molecular flexibility index (Phi) is 7.36. The van der Waals surface area contributed by atoms with Crippen molar-refractivity contribution >= 4 is 40.9 Å². The summed E-state index contributed by atoms with van der Waals surface area (Å²) in [4.78, 5) is 28.0. The lowest BCUT2D eigenvalue weighted by Gasteiger charge is -2.19. The molecule has 1 N–H and O–H groups in total. The van der Waals surface area contributed by atoms with Crippen molar-refractivity contribution in [1.29, 1.82) is 5.26 Å². The summed E-state index contributed by atoms with van der Waals surface area (Å²) in [6, 6.07) is 26.3. The Bertz CT molecular complexity index is 1280. The molecule has 3 aromatic carbocycles. The quantitative estimate of drug-likeness (QED) is 0.373. The highest BCUT2D eigenvalue weighted by atomic mass is 35.5. The summed E-state index contributed by atoms with van der Waals surface area (Å²) in [7, 11) is 0. The van der Waals surface area contributed by atoms with Gasteiger partial charge in [-0.05, 0) is 42.7 Å². The summed E-state index contributed by atoms with van der Waals surface area (Å²) in [5.74, 6) is -0.704. The number of anilines is 1. The number of nitriles is 1. The number of benzene rings is 3. The van der Waals surface area contributed by atoms with E-state index in [4.69, 9.17) is 11.6 Å². The van der Waals surface area contributed by atoms with E-state index in [1.165, 1.54) is 16.7 Å². The fraction of sp³-hybridized carbons (Fsp3) is 0.148. The number of hydrogen-bond acceptors (Lipinski definition) is 4. The van der Waals surface area contributed by atoms with Crippen LogP contribution in [0, 0.1) is 18.3 Å². The Hall–Kier alpha value is -3.53. The Balaban J connectivity index is 1.68. The number of hydrogen-bond donors (Lipinski definition) is 1. The van der Waals surface area contributed by atoms with Crippen LogP contribution in [0.4, 0.5) is 5.69 Å². The number of amides is 2. The lowest BCUT2D eigenvalue weighted by Crippen LogP contribution is -2.32. The minimum Gasteiger partial charge on any atom is -0.347 e. The molecule has 34 heavy (non-hydrogen) atoms. The Labute approximate surface area is 208 Å². The summed E-state index contributed by atoms with van der Waals surface area (Å²) in [5.41, 5.74) is 3.33. The van der Waals surface area contributed by atoms with Crippen LogP contribution in [0.1, 0.15) is 16.7 Å². The van der Waals surface area contributed by atoms with Crippen LogP contribution in [0.2, 0.25) is 5.02 Å². The van der Waals surface area contributed by atoms with Crippen LogP contribution in [0.3, 0.4) is 0 Å². The van der Waals surface area contributed by atoms with E-state index >= 15 is 0 Å². The number of aryl methyl sites for hydroxylation is 1. The number of halogens is 1. The van der Waals surface area contributed by atoms with Gasteiger partial charge in [0.05, 0.1) is 5.25 Å². The molecule has 1 fully saturated rings. The highest BCUT2D eigenvalue weighted by Crippen LogP contribution is 2.42. The molecule has 7 heteroatoms. The third-order valence-electron chi connectivity index (χ3n) is 5.46. The molecule has 1 heterocycles. The number of nitrogens with zero attached hydrogens (tertiary/aromatic N) is 2. The normalized spacial score (nSPS) is 16.8. The minimum absolute atomic E-state index is 0.0866. The van der Waals surface area contributed by atoms with Crippen LogP contribution in [0.25, 0.3) is 0 Å². The van der Waals surface area contributed by atoms with Crippen LogP contribution in [-0.2, 0) is 22.6 Å². The van der Waals surface area contributed by atoms with E-state index in [1.54, 1.807) is 6.07 Å². The lowest BCUT2D eigenvalue weighted by molar-refractivity contribution is -0.117. The van der Waals surface area contributed by atoms with Gasteiger partial charge in [-0.2, -0.15) is 5.26 Å². The number of nitrogens with one attached hydrogen (secondary N) is 1. The van der Waals surface area contributed by atoms with E-state index in [-0.39, 0.29) is 18.0 Å². The highest BCUT2D eigenvalue weighted by molar-refractivity contribution is 8.05. The molecule has 0 unspecified atom stereocenters. The Morgan fingerprint density at radius 1 is 1.06 bits per heavy atom. The average molecular weight is 488 g/mol. The molecule has 170 valence electrons. The summed E-state index contributed by atoms with van der Waals surface area (Å²) < 4.78 is 0. The maximum Gasteiger partial charge on any atom is 0.264 e. The average Bonchev–Trinajstić information content (AvgIpc) is 3.16. The molecule has 1 atom stereocenters. The molecular formula is C27H22ClN3O2S. The van der Waals surface area contributed by atoms with Crippen molar-refractivity contribution in [3.63, 3.8) is 0 Å². The zero-order valence-electron chi connectivity index (χ0n) is 18.5. The monoisotopic (exact) mass is 487 g/mol. The summed E-state index contributed by atoms with van der Waals surface area (Å²) >= 11 is 7.56. The van der Waals surface area contributed by atoms with Gasteiger partial charge in [-0.15, -0.1) is 0 Å². The molecule has 2 amide bonds. The molecule has 5 nitrogen and oxygen atoms in total. The summed E-state index contributed by atoms with van der Waals surface area (Å²) in [6.45, 7) is 2.24. The Morgan fingerprint density at radius 3 is 2.41 bits per heavy atom. The van der Waals surface area contributed by atoms with Crippen molar-refractivity contribution in [2.75, 3.05) is 4.90 Å². The van der Waals surface area contributed by atoms with E-state index in [2.05, 4.69) is 5.32 Å². The molecule has 1 aliphatic rings. The first-order valence-corrected chi connectivity index (χ1v) is 12.0. The third-order valence-corrected chi connectivity index (χ3v) is 7.09. The van der Waals surface area contributed by atoms with E-state index < -0.39 is 11.2 Å². The number of rotatable bonds is 6. The first-order chi connectivity index (χ1) is 16.5. The maximum atomic E-state index is 13.5. The molecule has 4 rings (SSSR count). The topological polar surface area (TPSA) is 73.2 Å². The zero-order chi connectivity index (χ0) is 24.1. The number of thioether (sulfide) groups is 1. The highest BCUT2D eigenvalue weighted by Gasteiger charge is 2.41. The second kappa shape index (κ2) is 10.6. The predicted octanol–water partition coefficient (Wildman–Crippen LogP) is 5.39. The molecule has 3 aromatic rings. The van der Waals surface area contributed by atoms with Gasteiger partial charge in [-0.3, -0.25) is 14.5 Å². The van der Waals surface area contributed by atoms with Gasteiger partial charge in [-0.1, -0.05) is 89.6 Å². The zero-order valence-corrected chi connectivity index (χ0v) is 20.1. The van der Waals surface area contributed by atoms with Crippen LogP contribution in [0.5, 0.6) is 0 Å². The van der Waals surface area contributed by atoms with E-state index in [0.717, 1.165) is 16.7 Å². The molecule has 0 radical (unpaired) electrons. The summed E-state index contributed by atoms with van der Waals surface area (Å²) in [5, 5.41) is 13.1. The van der Waals surface area contributed by atoms with Crippen molar-refractivity contribution in [3.8, 4) is 6.07 Å². The van der Waals surface area contributed by atoms with E-state index in [0.29, 0.717) is 22.2 Å². The standard InChI is InChI=1S/C27H22ClN3O2S/c1-18-11-13-21(14-12-18)31-26(33)24(15-20-9-5-6-10-23(20)28)34-27(31)22(16-29)25(32)30-17-19-7-3-2-4-8-19/h2-14,24H,15,17H2,1H3,(H,30,32)/b27-22-/t24-/m1/s1. The van der Waals surface area contributed by atoms with Gasteiger partial charge < -0.3 is 5.32 Å². The first kappa shape index (κ1) is 23.6. The van der Waals surface area contributed by atoms with Crippen molar-refractivity contribution in [2.45, 2.75) is 25.1 Å². The van der Waals surface area contributed by atoms with Crippen molar-refractivity contribution in [3.05, 3.63) is 111 Å². The number of carbonyl (C=O) groups excluding carboxylic acids is 2.